The molecule has 8 heteroatoms. The highest BCUT2D eigenvalue weighted by Crippen LogP contribution is 2.23. The first-order chi connectivity index (χ1) is 14.7. The third kappa shape index (κ3) is 5.15. The Balaban J connectivity index is 1.51. The number of nitrogens with one attached hydrogen (secondary N) is 1. The van der Waals surface area contributed by atoms with E-state index in [9.17, 15) is 9.18 Å². The lowest BCUT2D eigenvalue weighted by Gasteiger charge is -2.29. The van der Waals surface area contributed by atoms with Crippen LogP contribution in [0.5, 0.6) is 0 Å². The number of hydrogen-bond acceptors (Lipinski definition) is 5. The SMILES string of the molecule is O=C(Nc1cc(F)cc(N2CCOCC2)c1)N(Cc1cccnc1)Cc1ccco1. The van der Waals surface area contributed by atoms with E-state index in [1.54, 1.807) is 35.7 Å². The lowest BCUT2D eigenvalue weighted by Crippen LogP contribution is -2.36. The number of rotatable bonds is 6. The highest BCUT2D eigenvalue weighted by molar-refractivity contribution is 5.90. The first kappa shape index (κ1) is 19.9. The fourth-order valence-corrected chi connectivity index (χ4v) is 3.36. The number of morpholine rings is 1. The predicted octanol–water partition coefficient (Wildman–Crippen LogP) is 3.88. The van der Waals surface area contributed by atoms with Gasteiger partial charge < -0.3 is 24.3 Å². The first-order valence-corrected chi connectivity index (χ1v) is 9.78. The van der Waals surface area contributed by atoms with Crippen molar-refractivity contribution in [3.63, 3.8) is 0 Å². The smallest absolute Gasteiger partial charge is 0.322 e. The van der Waals surface area contributed by atoms with E-state index in [2.05, 4.69) is 10.3 Å². The molecule has 1 fully saturated rings. The molecule has 7 nitrogen and oxygen atoms in total. The van der Waals surface area contributed by atoms with E-state index in [-0.39, 0.29) is 12.6 Å². The Morgan fingerprint density at radius 1 is 1.17 bits per heavy atom. The maximum Gasteiger partial charge on any atom is 0.322 e. The number of benzene rings is 1. The molecule has 0 saturated carbocycles. The van der Waals surface area contributed by atoms with Crippen molar-refractivity contribution in [1.82, 2.24) is 9.88 Å². The van der Waals surface area contributed by atoms with Gasteiger partial charge in [-0.1, -0.05) is 6.07 Å². The standard InChI is InChI=1S/C22H23FN4O3/c23-18-11-19(13-20(12-18)26-6-9-29-10-7-26)25-22(28)27(16-21-4-2-8-30-21)15-17-3-1-5-24-14-17/h1-5,8,11-14H,6-7,9-10,15-16H2,(H,25,28). The lowest BCUT2D eigenvalue weighted by atomic mass is 10.2. The Kier molecular flexibility index (Phi) is 6.24. The van der Waals surface area contributed by atoms with Crippen molar-refractivity contribution in [2.75, 3.05) is 36.5 Å². The predicted molar refractivity (Wildman–Crippen MR) is 111 cm³/mol. The summed E-state index contributed by atoms with van der Waals surface area (Å²) in [5.74, 6) is 0.251. The van der Waals surface area contributed by atoms with Crippen LogP contribution in [0.2, 0.25) is 0 Å². The van der Waals surface area contributed by atoms with Gasteiger partial charge in [0.05, 0.1) is 26.0 Å². The summed E-state index contributed by atoms with van der Waals surface area (Å²) in [6, 6.07) is 11.5. The molecule has 1 N–H and O–H groups in total. The number of halogens is 1. The molecule has 4 rings (SSSR count). The summed E-state index contributed by atoms with van der Waals surface area (Å²) in [4.78, 5) is 20.8. The zero-order valence-electron chi connectivity index (χ0n) is 16.5. The van der Waals surface area contributed by atoms with Gasteiger partial charge in [-0.25, -0.2) is 9.18 Å². The van der Waals surface area contributed by atoms with Crippen LogP contribution in [0, 0.1) is 5.82 Å². The van der Waals surface area contributed by atoms with Gasteiger partial charge in [0.25, 0.3) is 0 Å². The summed E-state index contributed by atoms with van der Waals surface area (Å²) in [5.41, 5.74) is 2.00. The number of carbonyl (C=O) groups excluding carboxylic acids is 1. The maximum atomic E-state index is 14.2. The maximum absolute atomic E-state index is 14.2. The zero-order valence-corrected chi connectivity index (χ0v) is 16.5. The number of urea groups is 1. The normalized spacial score (nSPS) is 13.8. The van der Waals surface area contributed by atoms with Crippen LogP contribution in [0.1, 0.15) is 11.3 Å². The van der Waals surface area contributed by atoms with Gasteiger partial charge in [-0.2, -0.15) is 0 Å². The van der Waals surface area contributed by atoms with Crippen LogP contribution in [-0.2, 0) is 17.8 Å². The largest absolute Gasteiger partial charge is 0.467 e. The molecular weight excluding hydrogens is 387 g/mol. The molecule has 30 heavy (non-hydrogen) atoms. The first-order valence-electron chi connectivity index (χ1n) is 9.78. The number of nitrogens with zero attached hydrogens (tertiary/aromatic N) is 3. The van der Waals surface area contributed by atoms with E-state index in [0.717, 1.165) is 11.3 Å². The second kappa shape index (κ2) is 9.41. The summed E-state index contributed by atoms with van der Waals surface area (Å²) in [6.07, 6.45) is 4.96. The minimum atomic E-state index is -0.404. The minimum absolute atomic E-state index is 0.277. The number of carbonyl (C=O) groups is 1. The van der Waals surface area contributed by atoms with Gasteiger partial charge in [-0.15, -0.1) is 0 Å². The average Bonchev–Trinajstić information content (AvgIpc) is 3.27. The molecule has 2 aromatic heterocycles. The second-order valence-electron chi connectivity index (χ2n) is 7.02. The number of furan rings is 1. The van der Waals surface area contributed by atoms with Crippen molar-refractivity contribution in [2.45, 2.75) is 13.1 Å². The Labute approximate surface area is 174 Å². The molecule has 0 aliphatic carbocycles. The second-order valence-corrected chi connectivity index (χ2v) is 7.02. The Morgan fingerprint density at radius 2 is 2.03 bits per heavy atom. The monoisotopic (exact) mass is 410 g/mol. The molecule has 156 valence electrons. The third-order valence-electron chi connectivity index (χ3n) is 4.82. The Bertz CT molecular complexity index is 960. The van der Waals surface area contributed by atoms with Crippen LogP contribution in [0.4, 0.5) is 20.6 Å². The molecule has 0 atom stereocenters. The number of hydrogen-bond donors (Lipinski definition) is 1. The fourth-order valence-electron chi connectivity index (χ4n) is 3.36. The Morgan fingerprint density at radius 3 is 2.77 bits per heavy atom. The van der Waals surface area contributed by atoms with E-state index in [1.165, 1.54) is 12.1 Å². The van der Waals surface area contributed by atoms with Crippen molar-refractivity contribution in [2.24, 2.45) is 0 Å². The number of amides is 2. The summed E-state index contributed by atoms with van der Waals surface area (Å²) in [7, 11) is 0. The van der Waals surface area contributed by atoms with Crippen molar-refractivity contribution in [3.05, 3.63) is 78.3 Å². The summed E-state index contributed by atoms with van der Waals surface area (Å²) in [6.45, 7) is 3.18. The average molecular weight is 410 g/mol. The van der Waals surface area contributed by atoms with Crippen LogP contribution in [0.3, 0.4) is 0 Å². The van der Waals surface area contributed by atoms with Crippen LogP contribution in [0.25, 0.3) is 0 Å². The molecule has 0 radical (unpaired) electrons. The van der Waals surface area contributed by atoms with Gasteiger partial charge in [0.2, 0.25) is 0 Å². The summed E-state index contributed by atoms with van der Waals surface area (Å²) in [5, 5.41) is 2.82. The molecule has 0 spiro atoms. The van der Waals surface area contributed by atoms with Gasteiger partial charge in [0, 0.05) is 43.4 Å². The van der Waals surface area contributed by atoms with Gasteiger partial charge in [0.15, 0.2) is 0 Å². The molecule has 0 unspecified atom stereocenters. The molecule has 1 aromatic carbocycles. The highest BCUT2D eigenvalue weighted by Gasteiger charge is 2.18. The fraction of sp³-hybridized carbons (Fsp3) is 0.273. The van der Waals surface area contributed by atoms with Crippen molar-refractivity contribution >= 4 is 17.4 Å². The zero-order chi connectivity index (χ0) is 20.8. The number of pyridine rings is 1. The number of ether oxygens (including phenoxy) is 1. The molecule has 1 aliphatic rings. The van der Waals surface area contributed by atoms with Crippen LogP contribution < -0.4 is 10.2 Å². The van der Waals surface area contributed by atoms with E-state index < -0.39 is 5.82 Å². The molecule has 0 bridgehead atoms. The molecule has 1 saturated heterocycles. The topological polar surface area (TPSA) is 70.8 Å². The van der Waals surface area contributed by atoms with Gasteiger partial charge in [-0.05, 0) is 42.0 Å². The van der Waals surface area contributed by atoms with Crippen LogP contribution >= 0.6 is 0 Å². The highest BCUT2D eigenvalue weighted by atomic mass is 19.1. The summed E-state index contributed by atoms with van der Waals surface area (Å²) >= 11 is 0. The summed E-state index contributed by atoms with van der Waals surface area (Å²) < 4.78 is 25.0. The molecule has 1 aliphatic heterocycles. The van der Waals surface area contributed by atoms with E-state index in [4.69, 9.17) is 9.15 Å². The molecule has 3 heterocycles. The molecule has 2 amide bonds. The van der Waals surface area contributed by atoms with Crippen LogP contribution in [-0.4, -0.2) is 42.2 Å². The van der Waals surface area contributed by atoms with E-state index >= 15 is 0 Å². The van der Waals surface area contributed by atoms with Gasteiger partial charge >= 0.3 is 6.03 Å². The van der Waals surface area contributed by atoms with Crippen LogP contribution in [0.15, 0.2) is 65.5 Å². The van der Waals surface area contributed by atoms with E-state index in [0.29, 0.717) is 44.3 Å². The molecule has 3 aromatic rings. The van der Waals surface area contributed by atoms with Crippen molar-refractivity contribution in [3.8, 4) is 0 Å². The Hall–Kier alpha value is -3.39. The lowest BCUT2D eigenvalue weighted by molar-refractivity contribution is 0.122. The van der Waals surface area contributed by atoms with Crippen molar-refractivity contribution in [1.29, 1.82) is 0 Å². The third-order valence-corrected chi connectivity index (χ3v) is 4.82. The van der Waals surface area contributed by atoms with Gasteiger partial charge in [0.1, 0.15) is 11.6 Å². The van der Waals surface area contributed by atoms with Gasteiger partial charge in [-0.3, -0.25) is 4.98 Å². The number of aromatic nitrogens is 1. The van der Waals surface area contributed by atoms with Crippen molar-refractivity contribution < 1.29 is 18.3 Å². The molecular formula is C22H23FN4O3. The van der Waals surface area contributed by atoms with E-state index in [1.807, 2.05) is 23.1 Å². The quantitative estimate of drug-likeness (QED) is 0.668. The number of anilines is 2. The minimum Gasteiger partial charge on any atom is -0.467 e.